The lowest BCUT2D eigenvalue weighted by Crippen LogP contribution is -1.82. The van der Waals surface area contributed by atoms with Crippen LogP contribution in [0.1, 0.15) is 0 Å². The maximum atomic E-state index is 5.60. The highest BCUT2D eigenvalue weighted by Crippen LogP contribution is 2.23. The first kappa shape index (κ1) is 14.5. The molecule has 0 spiro atoms. The third-order valence-corrected chi connectivity index (χ3v) is 3.26. The molecule has 0 saturated heterocycles. The first-order valence-corrected chi connectivity index (χ1v) is 6.12. The van der Waals surface area contributed by atoms with Gasteiger partial charge in [-0.2, -0.15) is 0 Å². The highest BCUT2D eigenvalue weighted by atomic mass is 35.5. The SMILES string of the molecule is Clc1ccccc1Cl.Nc1ccc(Cl)c(Cl)c1. The summed E-state index contributed by atoms with van der Waals surface area (Å²) in [6.07, 6.45) is 0. The predicted molar refractivity (Wildman–Crippen MR) is 77.3 cm³/mol. The smallest absolute Gasteiger partial charge is 0.0612 e. The van der Waals surface area contributed by atoms with E-state index in [2.05, 4.69) is 0 Å². The van der Waals surface area contributed by atoms with Crippen molar-refractivity contribution in [3.63, 3.8) is 0 Å². The molecule has 0 heterocycles. The molecule has 0 aliphatic rings. The fourth-order valence-corrected chi connectivity index (χ4v) is 1.53. The maximum absolute atomic E-state index is 5.60. The molecule has 0 atom stereocenters. The van der Waals surface area contributed by atoms with Crippen LogP contribution in [0.25, 0.3) is 0 Å². The first-order valence-electron chi connectivity index (χ1n) is 4.61. The molecule has 2 rings (SSSR count). The van der Waals surface area contributed by atoms with Gasteiger partial charge in [0.2, 0.25) is 0 Å². The Balaban J connectivity index is 0.000000171. The molecule has 5 heteroatoms. The Hall–Kier alpha value is -0.600. The van der Waals surface area contributed by atoms with E-state index in [0.29, 0.717) is 25.8 Å². The molecule has 0 aliphatic carbocycles. The van der Waals surface area contributed by atoms with Crippen molar-refractivity contribution >= 4 is 52.1 Å². The monoisotopic (exact) mass is 307 g/mol. The van der Waals surface area contributed by atoms with Crippen LogP contribution in [-0.4, -0.2) is 0 Å². The average molecular weight is 309 g/mol. The van der Waals surface area contributed by atoms with Crippen molar-refractivity contribution in [1.82, 2.24) is 0 Å². The van der Waals surface area contributed by atoms with E-state index < -0.39 is 0 Å². The second-order valence-electron chi connectivity index (χ2n) is 3.09. The van der Waals surface area contributed by atoms with Crippen LogP contribution in [0, 0.1) is 0 Å². The molecule has 0 saturated carbocycles. The zero-order chi connectivity index (χ0) is 12.8. The number of benzene rings is 2. The largest absolute Gasteiger partial charge is 0.399 e. The number of rotatable bonds is 0. The summed E-state index contributed by atoms with van der Waals surface area (Å²) in [7, 11) is 0. The minimum atomic E-state index is 0.497. The number of hydrogen-bond donors (Lipinski definition) is 1. The van der Waals surface area contributed by atoms with Gasteiger partial charge in [-0.05, 0) is 30.3 Å². The molecule has 0 radical (unpaired) electrons. The minimum Gasteiger partial charge on any atom is -0.399 e. The fraction of sp³-hybridized carbons (Fsp3) is 0. The van der Waals surface area contributed by atoms with Crippen LogP contribution in [0.15, 0.2) is 42.5 Å². The van der Waals surface area contributed by atoms with Crippen LogP contribution in [0.5, 0.6) is 0 Å². The number of nitrogens with two attached hydrogens (primary N) is 1. The van der Waals surface area contributed by atoms with Crippen LogP contribution in [0.3, 0.4) is 0 Å². The van der Waals surface area contributed by atoms with Crippen LogP contribution in [0.2, 0.25) is 20.1 Å². The number of hydrogen-bond acceptors (Lipinski definition) is 1. The summed E-state index contributed by atoms with van der Waals surface area (Å²) >= 11 is 22.3. The van der Waals surface area contributed by atoms with Gasteiger partial charge in [0.1, 0.15) is 0 Å². The third kappa shape index (κ3) is 5.05. The van der Waals surface area contributed by atoms with E-state index in [1.54, 1.807) is 30.3 Å². The van der Waals surface area contributed by atoms with Crippen LogP contribution < -0.4 is 5.73 Å². The summed E-state index contributed by atoms with van der Waals surface area (Å²) in [5, 5.41) is 2.24. The van der Waals surface area contributed by atoms with Gasteiger partial charge in [0.25, 0.3) is 0 Å². The number of halogens is 4. The Bertz CT molecular complexity index is 479. The quantitative estimate of drug-likeness (QED) is 0.633. The Morgan fingerprint density at radius 3 is 1.47 bits per heavy atom. The van der Waals surface area contributed by atoms with Gasteiger partial charge >= 0.3 is 0 Å². The third-order valence-electron chi connectivity index (χ3n) is 1.77. The van der Waals surface area contributed by atoms with E-state index in [9.17, 15) is 0 Å². The van der Waals surface area contributed by atoms with E-state index in [1.165, 1.54) is 0 Å². The molecule has 90 valence electrons. The Kier molecular flexibility index (Phi) is 5.93. The van der Waals surface area contributed by atoms with E-state index in [1.807, 2.05) is 12.1 Å². The number of anilines is 1. The molecule has 0 fully saturated rings. The van der Waals surface area contributed by atoms with Gasteiger partial charge in [-0.3, -0.25) is 0 Å². The summed E-state index contributed by atoms with van der Waals surface area (Å²) in [5.74, 6) is 0. The van der Waals surface area contributed by atoms with Crippen molar-refractivity contribution in [2.75, 3.05) is 5.73 Å². The molecule has 17 heavy (non-hydrogen) atoms. The normalized spacial score (nSPS) is 9.41. The summed E-state index contributed by atoms with van der Waals surface area (Å²) in [6, 6.07) is 12.2. The predicted octanol–water partition coefficient (Wildman–Crippen LogP) is 5.57. The highest BCUT2D eigenvalue weighted by Gasteiger charge is 1.94. The molecular formula is C12H9Cl4N. The molecule has 0 aliphatic heterocycles. The lowest BCUT2D eigenvalue weighted by atomic mass is 10.3. The van der Waals surface area contributed by atoms with E-state index in [0.717, 1.165) is 0 Å². The van der Waals surface area contributed by atoms with Gasteiger partial charge in [-0.15, -0.1) is 0 Å². The molecule has 2 aromatic rings. The highest BCUT2D eigenvalue weighted by molar-refractivity contribution is 6.42. The van der Waals surface area contributed by atoms with Gasteiger partial charge < -0.3 is 5.73 Å². The number of nitrogen functional groups attached to an aromatic ring is 1. The maximum Gasteiger partial charge on any atom is 0.0612 e. The second kappa shape index (κ2) is 6.97. The van der Waals surface area contributed by atoms with Crippen molar-refractivity contribution in [1.29, 1.82) is 0 Å². The van der Waals surface area contributed by atoms with Gasteiger partial charge in [0, 0.05) is 5.69 Å². The molecule has 0 unspecified atom stereocenters. The minimum absolute atomic E-state index is 0.497. The molecule has 1 nitrogen and oxygen atoms in total. The molecule has 0 aromatic heterocycles. The molecule has 0 amide bonds. The van der Waals surface area contributed by atoms with Crippen molar-refractivity contribution in [3.05, 3.63) is 62.6 Å². The average Bonchev–Trinajstić information content (AvgIpc) is 2.29. The lowest BCUT2D eigenvalue weighted by molar-refractivity contribution is 1.68. The van der Waals surface area contributed by atoms with Crippen molar-refractivity contribution in [3.8, 4) is 0 Å². The van der Waals surface area contributed by atoms with Crippen molar-refractivity contribution in [2.45, 2.75) is 0 Å². The van der Waals surface area contributed by atoms with Crippen LogP contribution in [-0.2, 0) is 0 Å². The summed E-state index contributed by atoms with van der Waals surface area (Å²) in [4.78, 5) is 0. The second-order valence-corrected chi connectivity index (χ2v) is 4.72. The van der Waals surface area contributed by atoms with Crippen LogP contribution in [0.4, 0.5) is 5.69 Å². The zero-order valence-corrected chi connectivity index (χ0v) is 11.7. The van der Waals surface area contributed by atoms with E-state index in [4.69, 9.17) is 52.1 Å². The van der Waals surface area contributed by atoms with Gasteiger partial charge in [-0.25, -0.2) is 0 Å². The summed E-state index contributed by atoms with van der Waals surface area (Å²) < 4.78 is 0. The van der Waals surface area contributed by atoms with Gasteiger partial charge in [0.05, 0.1) is 20.1 Å². The van der Waals surface area contributed by atoms with Gasteiger partial charge in [0.15, 0.2) is 0 Å². The topological polar surface area (TPSA) is 26.0 Å². The molecule has 0 bridgehead atoms. The zero-order valence-electron chi connectivity index (χ0n) is 8.63. The standard InChI is InChI=1S/C6H5Cl2N.C6H4Cl2/c7-5-2-1-4(9)3-6(5)8;7-5-3-1-2-4-6(5)8/h1-3H,9H2;1-4H. The fourth-order valence-electron chi connectivity index (χ4n) is 0.952. The Morgan fingerprint density at radius 1 is 0.647 bits per heavy atom. The lowest BCUT2D eigenvalue weighted by Gasteiger charge is -1.94. The molecular weight excluding hydrogens is 300 g/mol. The first-order chi connectivity index (χ1) is 8.00. The Morgan fingerprint density at radius 2 is 1.12 bits per heavy atom. The van der Waals surface area contributed by atoms with Gasteiger partial charge in [-0.1, -0.05) is 58.5 Å². The Labute approximate surface area is 120 Å². The summed E-state index contributed by atoms with van der Waals surface area (Å²) in [6.45, 7) is 0. The van der Waals surface area contributed by atoms with E-state index >= 15 is 0 Å². The van der Waals surface area contributed by atoms with Crippen molar-refractivity contribution < 1.29 is 0 Å². The molecule has 2 aromatic carbocycles. The molecule has 2 N–H and O–H groups in total. The van der Waals surface area contributed by atoms with E-state index in [-0.39, 0.29) is 0 Å². The van der Waals surface area contributed by atoms with Crippen LogP contribution >= 0.6 is 46.4 Å². The van der Waals surface area contributed by atoms with Crippen molar-refractivity contribution in [2.24, 2.45) is 0 Å². The summed E-state index contributed by atoms with van der Waals surface area (Å²) in [5.41, 5.74) is 6.01.